The molecule has 1 N–H and O–H groups in total. The van der Waals surface area contributed by atoms with Gasteiger partial charge in [-0.15, -0.1) is 0 Å². The number of halogens is 3. The molecule has 0 saturated carbocycles. The average molecular weight is 252 g/mol. The van der Waals surface area contributed by atoms with Gasteiger partial charge in [0.25, 0.3) is 0 Å². The van der Waals surface area contributed by atoms with Gasteiger partial charge in [0.15, 0.2) is 0 Å². The van der Waals surface area contributed by atoms with Crippen LogP contribution in [0.15, 0.2) is 36.4 Å². The second kappa shape index (κ2) is 4.82. The normalized spacial score (nSPS) is 12.5. The van der Waals surface area contributed by atoms with E-state index in [4.69, 9.17) is 0 Å². The van der Waals surface area contributed by atoms with Gasteiger partial charge in [0.2, 0.25) is 0 Å². The van der Waals surface area contributed by atoms with Crippen LogP contribution in [-0.4, -0.2) is 5.11 Å². The van der Waals surface area contributed by atoms with Gasteiger partial charge in [-0.1, -0.05) is 12.1 Å². The fourth-order valence-corrected chi connectivity index (χ4v) is 1.87. The van der Waals surface area contributed by atoms with Crippen LogP contribution < -0.4 is 0 Å². The molecule has 1 atom stereocenters. The third-order valence-electron chi connectivity index (χ3n) is 2.80. The van der Waals surface area contributed by atoms with E-state index >= 15 is 0 Å². The quantitative estimate of drug-likeness (QED) is 0.867. The summed E-state index contributed by atoms with van der Waals surface area (Å²) in [6.45, 7) is 1.57. The third kappa shape index (κ3) is 2.24. The molecule has 0 aliphatic rings. The lowest BCUT2D eigenvalue weighted by atomic mass is 9.96. The predicted molar refractivity (Wildman–Crippen MR) is 61.6 cm³/mol. The largest absolute Gasteiger partial charge is 0.383 e. The first-order valence-electron chi connectivity index (χ1n) is 5.38. The van der Waals surface area contributed by atoms with E-state index in [0.29, 0.717) is 5.56 Å². The number of aryl methyl sites for hydroxylation is 1. The van der Waals surface area contributed by atoms with E-state index in [1.807, 2.05) is 0 Å². The van der Waals surface area contributed by atoms with E-state index in [1.165, 1.54) is 18.2 Å². The van der Waals surface area contributed by atoms with Crippen molar-refractivity contribution in [2.24, 2.45) is 0 Å². The Morgan fingerprint density at radius 1 is 1.00 bits per heavy atom. The van der Waals surface area contributed by atoms with Crippen molar-refractivity contribution in [1.29, 1.82) is 0 Å². The van der Waals surface area contributed by atoms with Gasteiger partial charge in [-0.3, -0.25) is 0 Å². The Hall–Kier alpha value is -1.81. The lowest BCUT2D eigenvalue weighted by Gasteiger charge is -2.15. The Balaban J connectivity index is 2.51. The molecule has 0 fully saturated rings. The first-order chi connectivity index (χ1) is 8.50. The average Bonchev–Trinajstić information content (AvgIpc) is 2.28. The van der Waals surface area contributed by atoms with Crippen molar-refractivity contribution in [2.45, 2.75) is 13.0 Å². The van der Waals surface area contributed by atoms with Crippen LogP contribution in [0.5, 0.6) is 0 Å². The maximum absolute atomic E-state index is 13.5. The summed E-state index contributed by atoms with van der Waals surface area (Å²) >= 11 is 0. The first kappa shape index (κ1) is 12.6. The van der Waals surface area contributed by atoms with Gasteiger partial charge in [-0.25, -0.2) is 13.2 Å². The topological polar surface area (TPSA) is 20.2 Å². The number of rotatable bonds is 2. The molecule has 0 radical (unpaired) electrons. The summed E-state index contributed by atoms with van der Waals surface area (Å²) in [5.41, 5.74) is 0.290. The van der Waals surface area contributed by atoms with Crippen molar-refractivity contribution in [1.82, 2.24) is 0 Å². The van der Waals surface area contributed by atoms with E-state index < -0.39 is 29.1 Å². The van der Waals surface area contributed by atoms with Gasteiger partial charge in [0.05, 0.1) is 5.56 Å². The Kier molecular flexibility index (Phi) is 3.39. The van der Waals surface area contributed by atoms with Gasteiger partial charge in [0, 0.05) is 0 Å². The molecule has 0 bridgehead atoms. The summed E-state index contributed by atoms with van der Waals surface area (Å²) in [7, 11) is 0. The van der Waals surface area contributed by atoms with Crippen LogP contribution in [0.4, 0.5) is 13.2 Å². The lowest BCUT2D eigenvalue weighted by Crippen LogP contribution is -2.07. The predicted octanol–water partition coefficient (Wildman–Crippen LogP) is 3.49. The molecule has 94 valence electrons. The molecule has 0 heterocycles. The molecule has 1 nitrogen and oxygen atoms in total. The Bertz CT molecular complexity index is 561. The minimum Gasteiger partial charge on any atom is -0.383 e. The van der Waals surface area contributed by atoms with Crippen molar-refractivity contribution < 1.29 is 18.3 Å². The highest BCUT2D eigenvalue weighted by Gasteiger charge is 2.20. The van der Waals surface area contributed by atoms with Crippen LogP contribution in [0.2, 0.25) is 0 Å². The number of hydrogen-bond acceptors (Lipinski definition) is 1. The SMILES string of the molecule is Cc1cc(F)ccc1C(O)c1c(F)cccc1F. The zero-order valence-electron chi connectivity index (χ0n) is 9.62. The Morgan fingerprint density at radius 3 is 2.17 bits per heavy atom. The second-order valence-corrected chi connectivity index (χ2v) is 4.04. The van der Waals surface area contributed by atoms with Crippen molar-refractivity contribution in [2.75, 3.05) is 0 Å². The highest BCUT2D eigenvalue weighted by molar-refractivity contribution is 5.36. The molecule has 4 heteroatoms. The van der Waals surface area contributed by atoms with E-state index in [0.717, 1.165) is 18.2 Å². The summed E-state index contributed by atoms with van der Waals surface area (Å²) in [6, 6.07) is 7.03. The molecule has 0 aliphatic heterocycles. The summed E-state index contributed by atoms with van der Waals surface area (Å²) in [6.07, 6.45) is -1.45. The maximum atomic E-state index is 13.5. The van der Waals surface area contributed by atoms with Gasteiger partial charge in [-0.05, 0) is 42.3 Å². The molecule has 0 aliphatic carbocycles. The van der Waals surface area contributed by atoms with E-state index in [2.05, 4.69) is 0 Å². The van der Waals surface area contributed by atoms with Crippen LogP contribution >= 0.6 is 0 Å². The Morgan fingerprint density at radius 2 is 1.61 bits per heavy atom. The molecule has 0 aromatic heterocycles. The summed E-state index contributed by atoms with van der Waals surface area (Å²) < 4.78 is 40.0. The van der Waals surface area contributed by atoms with Crippen molar-refractivity contribution in [3.8, 4) is 0 Å². The molecule has 0 saturated heterocycles. The number of hydrogen-bond donors (Lipinski definition) is 1. The highest BCUT2D eigenvalue weighted by atomic mass is 19.1. The Labute approximate surface area is 103 Å². The van der Waals surface area contributed by atoms with E-state index in [-0.39, 0.29) is 5.56 Å². The zero-order valence-corrected chi connectivity index (χ0v) is 9.62. The molecular formula is C14H11F3O. The van der Waals surface area contributed by atoms with Gasteiger partial charge >= 0.3 is 0 Å². The molecule has 0 amide bonds. The van der Waals surface area contributed by atoms with Gasteiger partial charge in [0.1, 0.15) is 23.6 Å². The molecular weight excluding hydrogens is 241 g/mol. The van der Waals surface area contributed by atoms with Crippen LogP contribution in [0, 0.1) is 24.4 Å². The third-order valence-corrected chi connectivity index (χ3v) is 2.80. The zero-order chi connectivity index (χ0) is 13.3. The highest BCUT2D eigenvalue weighted by Crippen LogP contribution is 2.28. The number of aliphatic hydroxyl groups excluding tert-OH is 1. The molecule has 2 aromatic carbocycles. The van der Waals surface area contributed by atoms with Gasteiger partial charge < -0.3 is 5.11 Å². The summed E-state index contributed by atoms with van der Waals surface area (Å²) in [5, 5.41) is 10.0. The minimum absolute atomic E-state index is 0.278. The fraction of sp³-hybridized carbons (Fsp3) is 0.143. The van der Waals surface area contributed by atoms with E-state index in [9.17, 15) is 18.3 Å². The smallest absolute Gasteiger partial charge is 0.132 e. The summed E-state index contributed by atoms with van der Waals surface area (Å²) in [4.78, 5) is 0. The number of aliphatic hydroxyl groups is 1. The van der Waals surface area contributed by atoms with Crippen molar-refractivity contribution in [3.05, 3.63) is 70.5 Å². The monoisotopic (exact) mass is 252 g/mol. The van der Waals surface area contributed by atoms with Crippen molar-refractivity contribution >= 4 is 0 Å². The van der Waals surface area contributed by atoms with E-state index in [1.54, 1.807) is 6.92 Å². The van der Waals surface area contributed by atoms with Crippen LogP contribution in [0.3, 0.4) is 0 Å². The summed E-state index contributed by atoms with van der Waals surface area (Å²) in [5.74, 6) is -2.12. The molecule has 2 aromatic rings. The van der Waals surface area contributed by atoms with Crippen molar-refractivity contribution in [3.63, 3.8) is 0 Å². The van der Waals surface area contributed by atoms with Crippen LogP contribution in [-0.2, 0) is 0 Å². The molecule has 2 rings (SSSR count). The molecule has 0 spiro atoms. The fourth-order valence-electron chi connectivity index (χ4n) is 1.87. The first-order valence-corrected chi connectivity index (χ1v) is 5.38. The minimum atomic E-state index is -1.45. The second-order valence-electron chi connectivity index (χ2n) is 4.04. The molecule has 18 heavy (non-hydrogen) atoms. The van der Waals surface area contributed by atoms with Crippen LogP contribution in [0.25, 0.3) is 0 Å². The molecule has 1 unspecified atom stereocenters. The van der Waals surface area contributed by atoms with Crippen LogP contribution in [0.1, 0.15) is 22.8 Å². The standard InChI is InChI=1S/C14H11F3O/c1-8-7-9(15)5-6-10(8)14(18)13-11(16)3-2-4-12(13)17/h2-7,14,18H,1H3. The lowest BCUT2D eigenvalue weighted by molar-refractivity contribution is 0.208. The number of benzene rings is 2. The van der Waals surface area contributed by atoms with Gasteiger partial charge in [-0.2, -0.15) is 0 Å². The maximum Gasteiger partial charge on any atom is 0.132 e.